The van der Waals surface area contributed by atoms with E-state index in [2.05, 4.69) is 5.32 Å². The van der Waals surface area contributed by atoms with E-state index in [1.807, 2.05) is 45.1 Å². The fourth-order valence-corrected chi connectivity index (χ4v) is 2.05. The van der Waals surface area contributed by atoms with Gasteiger partial charge in [-0.15, -0.1) is 0 Å². The second-order valence-electron chi connectivity index (χ2n) is 6.11. The third-order valence-electron chi connectivity index (χ3n) is 3.00. The molecule has 118 valence electrons. The molecule has 1 heterocycles. The van der Waals surface area contributed by atoms with Gasteiger partial charge in [0.25, 0.3) is 0 Å². The van der Waals surface area contributed by atoms with Crippen LogP contribution in [0.4, 0.5) is 4.79 Å². The molecule has 5 nitrogen and oxygen atoms in total. The van der Waals surface area contributed by atoms with E-state index < -0.39 is 11.7 Å². The van der Waals surface area contributed by atoms with E-state index in [-0.39, 0.29) is 5.97 Å². The molecule has 2 rings (SSSR count). The fraction of sp³-hybridized carbons (Fsp3) is 0.412. The van der Waals surface area contributed by atoms with Crippen LogP contribution in [0.2, 0.25) is 0 Å². The minimum absolute atomic E-state index is 0.257. The summed E-state index contributed by atoms with van der Waals surface area (Å²) in [5.74, 6) is -0.257. The summed E-state index contributed by atoms with van der Waals surface area (Å²) in [6.07, 6.45) is 4.22. The Balaban J connectivity index is 1.77. The van der Waals surface area contributed by atoms with Crippen molar-refractivity contribution in [3.05, 3.63) is 41.0 Å². The molecule has 0 aromatic heterocycles. The lowest BCUT2D eigenvalue weighted by atomic mass is 10.1. The van der Waals surface area contributed by atoms with Crippen molar-refractivity contribution in [2.24, 2.45) is 0 Å². The van der Waals surface area contributed by atoms with E-state index >= 15 is 0 Å². The average Bonchev–Trinajstić information content (AvgIpc) is 2.77. The first-order valence-electron chi connectivity index (χ1n) is 7.28. The maximum absolute atomic E-state index is 11.4. The van der Waals surface area contributed by atoms with Gasteiger partial charge in [-0.3, -0.25) is 0 Å². The lowest BCUT2D eigenvalue weighted by Crippen LogP contribution is -2.32. The lowest BCUT2D eigenvalue weighted by molar-refractivity contribution is 0.0521. The summed E-state index contributed by atoms with van der Waals surface area (Å²) >= 11 is 0. The van der Waals surface area contributed by atoms with Crippen molar-refractivity contribution in [1.29, 1.82) is 0 Å². The van der Waals surface area contributed by atoms with Gasteiger partial charge in [-0.25, -0.2) is 9.59 Å². The fourth-order valence-electron chi connectivity index (χ4n) is 2.05. The molecule has 1 aliphatic heterocycles. The Bertz CT molecular complexity index is 599. The Kier molecular flexibility index (Phi) is 4.85. The number of hydrogen-bond donors (Lipinski definition) is 1. The van der Waals surface area contributed by atoms with Crippen LogP contribution in [-0.2, 0) is 16.1 Å². The Morgan fingerprint density at radius 3 is 2.91 bits per heavy atom. The number of ether oxygens (including phenoxy) is 2. The second kappa shape index (κ2) is 6.64. The molecule has 0 saturated carbocycles. The molecule has 0 aliphatic carbocycles. The summed E-state index contributed by atoms with van der Waals surface area (Å²) in [5.41, 5.74) is 2.08. The highest BCUT2D eigenvalue weighted by atomic mass is 16.6. The summed E-state index contributed by atoms with van der Waals surface area (Å²) in [4.78, 5) is 22.8. The molecule has 1 N–H and O–H groups in total. The number of alkyl carbamates (subject to hydrolysis) is 1. The van der Waals surface area contributed by atoms with Crippen LogP contribution in [-0.4, -0.2) is 24.2 Å². The first-order chi connectivity index (χ1) is 10.3. The Labute approximate surface area is 130 Å². The van der Waals surface area contributed by atoms with Gasteiger partial charge < -0.3 is 14.8 Å². The van der Waals surface area contributed by atoms with Crippen molar-refractivity contribution < 1.29 is 19.1 Å². The van der Waals surface area contributed by atoms with Gasteiger partial charge in [0.1, 0.15) is 12.2 Å². The van der Waals surface area contributed by atoms with Crippen molar-refractivity contribution in [2.75, 3.05) is 6.54 Å². The number of hydrogen-bond acceptors (Lipinski definition) is 4. The summed E-state index contributed by atoms with van der Waals surface area (Å²) in [6, 6.07) is 5.60. The van der Waals surface area contributed by atoms with Crippen LogP contribution < -0.4 is 5.32 Å². The molecule has 0 fully saturated rings. The predicted octanol–water partition coefficient (Wildman–Crippen LogP) is 3.29. The summed E-state index contributed by atoms with van der Waals surface area (Å²) in [7, 11) is 0. The molecule has 22 heavy (non-hydrogen) atoms. The number of benzene rings is 1. The first kappa shape index (κ1) is 16.1. The van der Waals surface area contributed by atoms with Crippen molar-refractivity contribution in [3.8, 4) is 0 Å². The Morgan fingerprint density at radius 1 is 1.41 bits per heavy atom. The van der Waals surface area contributed by atoms with Crippen LogP contribution in [0.1, 0.15) is 48.7 Å². The molecular formula is C17H21NO4. The second-order valence-corrected chi connectivity index (χ2v) is 6.11. The summed E-state index contributed by atoms with van der Waals surface area (Å²) in [6.45, 7) is 6.34. The van der Waals surface area contributed by atoms with E-state index in [4.69, 9.17) is 9.47 Å². The Morgan fingerprint density at radius 2 is 2.18 bits per heavy atom. The van der Waals surface area contributed by atoms with Crippen LogP contribution in [0.3, 0.4) is 0 Å². The van der Waals surface area contributed by atoms with Gasteiger partial charge in [-0.2, -0.15) is 0 Å². The zero-order valence-corrected chi connectivity index (χ0v) is 13.1. The van der Waals surface area contributed by atoms with E-state index in [9.17, 15) is 9.59 Å². The topological polar surface area (TPSA) is 64.6 Å². The average molecular weight is 303 g/mol. The third-order valence-corrected chi connectivity index (χ3v) is 3.00. The number of carbonyl (C=O) groups excluding carboxylic acids is 2. The highest BCUT2D eigenvalue weighted by Crippen LogP contribution is 2.21. The minimum atomic E-state index is -0.482. The van der Waals surface area contributed by atoms with Gasteiger partial charge in [-0.1, -0.05) is 18.2 Å². The highest BCUT2D eigenvalue weighted by molar-refractivity contribution is 5.93. The SMILES string of the molecule is CC(C)(C)OC(=O)NCCC=Cc1ccc2c(c1)COC2=O. The lowest BCUT2D eigenvalue weighted by Gasteiger charge is -2.19. The molecule has 0 radical (unpaired) electrons. The molecule has 0 bridgehead atoms. The molecule has 1 aromatic rings. The van der Waals surface area contributed by atoms with Gasteiger partial charge in [0.15, 0.2) is 0 Å². The molecule has 0 saturated heterocycles. The van der Waals surface area contributed by atoms with Gasteiger partial charge in [-0.05, 0) is 44.9 Å². The normalized spacial score (nSPS) is 13.9. The number of esters is 1. The van der Waals surface area contributed by atoms with Gasteiger partial charge in [0.05, 0.1) is 5.56 Å². The molecule has 5 heteroatoms. The van der Waals surface area contributed by atoms with Gasteiger partial charge >= 0.3 is 12.1 Å². The Hall–Kier alpha value is -2.30. The number of fused-ring (bicyclic) bond motifs is 1. The van der Waals surface area contributed by atoms with Crippen molar-refractivity contribution in [3.63, 3.8) is 0 Å². The maximum atomic E-state index is 11.4. The molecule has 0 atom stereocenters. The molecule has 0 spiro atoms. The highest BCUT2D eigenvalue weighted by Gasteiger charge is 2.20. The quantitative estimate of drug-likeness (QED) is 0.685. The monoisotopic (exact) mass is 303 g/mol. The summed E-state index contributed by atoms with van der Waals surface area (Å²) in [5, 5.41) is 2.70. The van der Waals surface area contributed by atoms with Gasteiger partial charge in [0.2, 0.25) is 0 Å². The smallest absolute Gasteiger partial charge is 0.407 e. The van der Waals surface area contributed by atoms with E-state index in [1.165, 1.54) is 0 Å². The number of carbonyl (C=O) groups is 2. The number of cyclic esters (lactones) is 1. The minimum Gasteiger partial charge on any atom is -0.457 e. The van der Waals surface area contributed by atoms with Crippen molar-refractivity contribution >= 4 is 18.1 Å². The molecule has 1 aromatic carbocycles. The molecule has 1 amide bonds. The maximum Gasteiger partial charge on any atom is 0.407 e. The van der Waals surface area contributed by atoms with Crippen LogP contribution in [0.15, 0.2) is 24.3 Å². The van der Waals surface area contributed by atoms with Crippen LogP contribution in [0.5, 0.6) is 0 Å². The zero-order chi connectivity index (χ0) is 16.2. The summed E-state index contributed by atoms with van der Waals surface area (Å²) < 4.78 is 10.1. The van der Waals surface area contributed by atoms with Crippen LogP contribution >= 0.6 is 0 Å². The molecular weight excluding hydrogens is 282 g/mol. The first-order valence-corrected chi connectivity index (χ1v) is 7.28. The molecule has 1 aliphatic rings. The number of amides is 1. The van der Waals surface area contributed by atoms with E-state index in [1.54, 1.807) is 6.07 Å². The standard InChI is InChI=1S/C17H21NO4/c1-17(2,3)22-16(20)18-9-5-4-6-12-7-8-14-13(10-12)11-21-15(14)19/h4,6-8,10H,5,9,11H2,1-3H3,(H,18,20). The van der Waals surface area contributed by atoms with Gasteiger partial charge in [0, 0.05) is 12.1 Å². The van der Waals surface area contributed by atoms with E-state index in [0.29, 0.717) is 25.1 Å². The van der Waals surface area contributed by atoms with Crippen LogP contribution in [0.25, 0.3) is 6.08 Å². The number of nitrogens with one attached hydrogen (secondary N) is 1. The predicted molar refractivity (Wildman–Crippen MR) is 83.4 cm³/mol. The molecule has 0 unspecified atom stereocenters. The van der Waals surface area contributed by atoms with Crippen LogP contribution in [0, 0.1) is 0 Å². The van der Waals surface area contributed by atoms with E-state index in [0.717, 1.165) is 11.1 Å². The third kappa shape index (κ3) is 4.62. The zero-order valence-electron chi connectivity index (χ0n) is 13.1. The number of rotatable bonds is 4. The van der Waals surface area contributed by atoms with Crippen molar-refractivity contribution in [2.45, 2.75) is 39.4 Å². The van der Waals surface area contributed by atoms with Crippen molar-refractivity contribution in [1.82, 2.24) is 5.32 Å². The largest absolute Gasteiger partial charge is 0.457 e.